The van der Waals surface area contributed by atoms with Gasteiger partial charge in [-0.25, -0.2) is 0 Å². The number of rotatable bonds is 8. The molecule has 2 atom stereocenters. The van der Waals surface area contributed by atoms with E-state index >= 15 is 0 Å². The second-order valence-corrected chi connectivity index (χ2v) is 8.29. The summed E-state index contributed by atoms with van der Waals surface area (Å²) >= 11 is 5.38. The van der Waals surface area contributed by atoms with Crippen LogP contribution in [-0.2, 0) is 14.3 Å². The van der Waals surface area contributed by atoms with Gasteiger partial charge in [0.05, 0.1) is 19.1 Å². The molecule has 1 saturated heterocycles. The van der Waals surface area contributed by atoms with Crippen molar-refractivity contribution in [2.75, 3.05) is 19.7 Å². The van der Waals surface area contributed by atoms with Crippen LogP contribution in [0, 0.1) is 5.92 Å². The van der Waals surface area contributed by atoms with E-state index in [9.17, 15) is 14.4 Å². The molecule has 0 saturated carbocycles. The second kappa shape index (κ2) is 11.6. The number of hydrogen-bond donors (Lipinski definition) is 2. The molecule has 1 heterocycles. The van der Waals surface area contributed by atoms with Crippen LogP contribution in [0.4, 0.5) is 0 Å². The highest BCUT2D eigenvalue weighted by atomic mass is 32.1. The van der Waals surface area contributed by atoms with Gasteiger partial charge in [0.2, 0.25) is 5.91 Å². The van der Waals surface area contributed by atoms with E-state index in [2.05, 4.69) is 24.5 Å². The standard InChI is InChI=1S/C22H31N3O5S/c1-5-15(4)30-19(26)12-18-21(28)23-10-11-25(18)22(31)24-20(27)16-6-8-17(9-7-16)29-13-14(2)3/h6-9,14-15,18H,5,10-13H2,1-4H3,(H,23,28)(H,24,27,31). The summed E-state index contributed by atoms with van der Waals surface area (Å²) < 4.78 is 10.9. The number of carbonyl (C=O) groups excluding carboxylic acids is 3. The normalized spacial score (nSPS) is 17.0. The van der Waals surface area contributed by atoms with Gasteiger partial charge in [0.15, 0.2) is 5.11 Å². The molecule has 31 heavy (non-hydrogen) atoms. The topological polar surface area (TPSA) is 97.0 Å². The minimum atomic E-state index is -0.829. The van der Waals surface area contributed by atoms with Gasteiger partial charge in [-0.3, -0.25) is 19.7 Å². The maximum Gasteiger partial charge on any atom is 0.308 e. The van der Waals surface area contributed by atoms with Gasteiger partial charge in [-0.15, -0.1) is 0 Å². The number of thiocarbonyl (C=S) groups is 1. The quantitative estimate of drug-likeness (QED) is 0.464. The maximum atomic E-state index is 12.6. The molecule has 9 heteroatoms. The molecule has 0 spiro atoms. The molecule has 2 unspecified atom stereocenters. The fourth-order valence-corrected chi connectivity index (χ4v) is 3.19. The number of hydrogen-bond acceptors (Lipinski definition) is 6. The lowest BCUT2D eigenvalue weighted by Crippen LogP contribution is -2.60. The zero-order chi connectivity index (χ0) is 23.0. The highest BCUT2D eigenvalue weighted by Crippen LogP contribution is 2.15. The first-order chi connectivity index (χ1) is 14.7. The number of nitrogens with zero attached hydrogens (tertiary/aromatic N) is 1. The van der Waals surface area contributed by atoms with Gasteiger partial charge < -0.3 is 19.7 Å². The number of benzene rings is 1. The molecule has 1 aliphatic rings. The third-order valence-corrected chi connectivity index (χ3v) is 5.12. The van der Waals surface area contributed by atoms with Crippen LogP contribution in [0.5, 0.6) is 5.75 Å². The van der Waals surface area contributed by atoms with Gasteiger partial charge in [0, 0.05) is 18.7 Å². The minimum Gasteiger partial charge on any atom is -0.493 e. The van der Waals surface area contributed by atoms with Crippen LogP contribution in [0.3, 0.4) is 0 Å². The zero-order valence-corrected chi connectivity index (χ0v) is 19.3. The lowest BCUT2D eigenvalue weighted by molar-refractivity contribution is -0.151. The fraction of sp³-hybridized carbons (Fsp3) is 0.545. The van der Waals surface area contributed by atoms with E-state index in [4.69, 9.17) is 21.7 Å². The van der Waals surface area contributed by atoms with Crippen LogP contribution in [0.25, 0.3) is 0 Å². The van der Waals surface area contributed by atoms with Crippen molar-refractivity contribution in [2.24, 2.45) is 5.92 Å². The molecule has 2 N–H and O–H groups in total. The zero-order valence-electron chi connectivity index (χ0n) is 18.5. The van der Waals surface area contributed by atoms with E-state index in [1.54, 1.807) is 36.1 Å². The van der Waals surface area contributed by atoms with E-state index in [0.29, 0.717) is 43.3 Å². The van der Waals surface area contributed by atoms with Crippen molar-refractivity contribution in [3.05, 3.63) is 29.8 Å². The molecule has 170 valence electrons. The van der Waals surface area contributed by atoms with Gasteiger partial charge in [-0.05, 0) is 55.7 Å². The Bertz CT molecular complexity index is 797. The lowest BCUT2D eigenvalue weighted by atomic mass is 10.1. The molecule has 0 bridgehead atoms. The summed E-state index contributed by atoms with van der Waals surface area (Å²) in [4.78, 5) is 38.7. The fourth-order valence-electron chi connectivity index (χ4n) is 2.88. The average Bonchev–Trinajstić information content (AvgIpc) is 2.73. The first-order valence-electron chi connectivity index (χ1n) is 10.5. The second-order valence-electron chi connectivity index (χ2n) is 7.90. The van der Waals surface area contributed by atoms with Gasteiger partial charge in [0.1, 0.15) is 11.8 Å². The molecule has 8 nitrogen and oxygen atoms in total. The SMILES string of the molecule is CCC(C)OC(=O)CC1C(=O)NCCN1C(=S)NC(=O)c1ccc(OCC(C)C)cc1. The molecule has 2 rings (SSSR count). The summed E-state index contributed by atoms with van der Waals surface area (Å²) in [5, 5.41) is 5.48. The van der Waals surface area contributed by atoms with Crippen LogP contribution >= 0.6 is 12.2 Å². The highest BCUT2D eigenvalue weighted by molar-refractivity contribution is 7.80. The van der Waals surface area contributed by atoms with Crippen molar-refractivity contribution in [1.29, 1.82) is 0 Å². The van der Waals surface area contributed by atoms with E-state index < -0.39 is 17.9 Å². The Morgan fingerprint density at radius 3 is 2.55 bits per heavy atom. The first kappa shape index (κ1) is 24.6. The van der Waals surface area contributed by atoms with E-state index in [0.717, 1.165) is 0 Å². The molecular formula is C22H31N3O5S. The molecule has 1 aromatic rings. The summed E-state index contributed by atoms with van der Waals surface area (Å²) in [6.45, 7) is 9.16. The number of carbonyl (C=O) groups is 3. The van der Waals surface area contributed by atoms with Crippen LogP contribution in [0.2, 0.25) is 0 Å². The molecular weight excluding hydrogens is 418 g/mol. The summed E-state index contributed by atoms with van der Waals surface area (Å²) in [5.41, 5.74) is 0.411. The van der Waals surface area contributed by atoms with Crippen molar-refractivity contribution >= 4 is 35.1 Å². The average molecular weight is 450 g/mol. The van der Waals surface area contributed by atoms with Crippen LogP contribution < -0.4 is 15.4 Å². The number of ether oxygens (including phenoxy) is 2. The molecule has 0 radical (unpaired) electrons. The summed E-state index contributed by atoms with van der Waals surface area (Å²) in [6, 6.07) is 5.92. The van der Waals surface area contributed by atoms with Gasteiger partial charge in [-0.2, -0.15) is 0 Å². The Hall–Kier alpha value is -2.68. The minimum absolute atomic E-state index is 0.0984. The molecule has 0 aliphatic carbocycles. The summed E-state index contributed by atoms with van der Waals surface area (Å²) in [6.07, 6.45) is 0.308. The van der Waals surface area contributed by atoms with Crippen molar-refractivity contribution in [3.8, 4) is 5.75 Å². The summed E-state index contributed by atoms with van der Waals surface area (Å²) in [5.74, 6) is -0.117. The smallest absolute Gasteiger partial charge is 0.308 e. The first-order valence-corrected chi connectivity index (χ1v) is 10.9. The van der Waals surface area contributed by atoms with E-state index in [1.165, 1.54) is 0 Å². The predicted octanol–water partition coefficient (Wildman–Crippen LogP) is 2.27. The number of piperazine rings is 1. The van der Waals surface area contributed by atoms with E-state index in [1.807, 2.05) is 6.92 Å². The van der Waals surface area contributed by atoms with Crippen LogP contribution in [-0.4, -0.2) is 59.6 Å². The Balaban J connectivity index is 2.00. The summed E-state index contributed by atoms with van der Waals surface area (Å²) in [7, 11) is 0. The number of esters is 1. The van der Waals surface area contributed by atoms with Crippen molar-refractivity contribution in [1.82, 2.24) is 15.5 Å². The van der Waals surface area contributed by atoms with Gasteiger partial charge in [0.25, 0.3) is 5.91 Å². The third kappa shape index (κ3) is 7.50. The van der Waals surface area contributed by atoms with Crippen LogP contribution in [0.1, 0.15) is 50.9 Å². The van der Waals surface area contributed by atoms with Gasteiger partial charge >= 0.3 is 5.97 Å². The molecule has 1 fully saturated rings. The third-order valence-electron chi connectivity index (χ3n) is 4.78. The largest absolute Gasteiger partial charge is 0.493 e. The van der Waals surface area contributed by atoms with E-state index in [-0.39, 0.29) is 23.5 Å². The van der Waals surface area contributed by atoms with Crippen molar-refractivity contribution in [2.45, 2.75) is 52.7 Å². The number of nitrogens with one attached hydrogen (secondary N) is 2. The predicted molar refractivity (Wildman–Crippen MR) is 121 cm³/mol. The van der Waals surface area contributed by atoms with Gasteiger partial charge in [-0.1, -0.05) is 20.8 Å². The Labute approximate surface area is 188 Å². The molecule has 2 amide bonds. The monoisotopic (exact) mass is 449 g/mol. The highest BCUT2D eigenvalue weighted by Gasteiger charge is 2.34. The molecule has 1 aromatic carbocycles. The Kier molecular flexibility index (Phi) is 9.23. The molecule has 1 aliphatic heterocycles. The maximum absolute atomic E-state index is 12.6. The Morgan fingerprint density at radius 1 is 1.26 bits per heavy atom. The van der Waals surface area contributed by atoms with Crippen molar-refractivity contribution < 1.29 is 23.9 Å². The van der Waals surface area contributed by atoms with Crippen molar-refractivity contribution in [3.63, 3.8) is 0 Å². The lowest BCUT2D eigenvalue weighted by Gasteiger charge is -2.36. The van der Waals surface area contributed by atoms with Crippen LogP contribution in [0.15, 0.2) is 24.3 Å². The Morgan fingerprint density at radius 2 is 1.94 bits per heavy atom. The number of amides is 2. The molecule has 0 aromatic heterocycles.